The molecule has 3 aromatic rings. The summed E-state index contributed by atoms with van der Waals surface area (Å²) in [5.74, 6) is 1.22. The molecule has 7 heteroatoms. The van der Waals surface area contributed by atoms with Crippen molar-refractivity contribution in [2.45, 2.75) is 227 Å². The van der Waals surface area contributed by atoms with Gasteiger partial charge >= 0.3 is 0 Å². The van der Waals surface area contributed by atoms with Gasteiger partial charge in [0.15, 0.2) is 0 Å². The van der Waals surface area contributed by atoms with E-state index in [4.69, 9.17) is 9.98 Å². The average Bonchev–Trinajstić information content (AvgIpc) is 3.61. The van der Waals surface area contributed by atoms with Crippen LogP contribution in [-0.4, -0.2) is 56.6 Å². The first-order chi connectivity index (χ1) is 28.9. The number of phenolic OH excluding ortho intramolecular Hbond substituents is 2. The van der Waals surface area contributed by atoms with Gasteiger partial charge < -0.3 is 22.6 Å². The van der Waals surface area contributed by atoms with Crippen LogP contribution in [0.4, 0.5) is 11.4 Å². The normalized spacial score (nSPS) is 22.1. The maximum absolute atomic E-state index is 11.8. The second-order valence-electron chi connectivity index (χ2n) is 24.1. The Hall–Kier alpha value is -3.19. The third-order valence-electron chi connectivity index (χ3n) is 15.3. The van der Waals surface area contributed by atoms with E-state index in [1.807, 2.05) is 12.4 Å². The molecule has 3 aromatic carbocycles. The highest BCUT2D eigenvalue weighted by Gasteiger charge is 2.57. The number of hydrogen-bond acceptors (Lipinski definition) is 6. The van der Waals surface area contributed by atoms with Crippen LogP contribution in [0, 0.1) is 19.8 Å². The molecule has 346 valence electrons. The van der Waals surface area contributed by atoms with E-state index in [-0.39, 0.29) is 45.6 Å². The van der Waals surface area contributed by atoms with Gasteiger partial charge in [0.2, 0.25) is 0 Å². The Morgan fingerprint density at radius 1 is 0.571 bits per heavy atom. The first-order valence-electron chi connectivity index (χ1n) is 24.4. The number of benzene rings is 3. The van der Waals surface area contributed by atoms with E-state index < -0.39 is 0 Å². The summed E-state index contributed by atoms with van der Waals surface area (Å²) < 4.78 is 0. The standard InChI is InChI=1S/C56H82N4O2.ClH/c1-34-43-32-59(49-36(3)50(49)60(41-22-18-16-19-23-41)42-24-20-17-21-25-42)33-44(43)35(2)48(58-31-38-27-40(54(7,8)9)29-46(52(38)62)56(13,14)15)47(34)57-30-37-26-39(53(4,5)6)28-45(51(37)61)55(10,11)12;/h26-31,36,41-42,49-50,61-62H,16-25,32-33H2,1-15H3;1H/p-1. The topological polar surface area (TPSA) is 71.7 Å². The molecule has 0 aromatic heterocycles. The fourth-order valence-corrected chi connectivity index (χ4v) is 11.3. The molecule has 1 heterocycles. The quantitative estimate of drug-likeness (QED) is 0.221. The van der Waals surface area contributed by atoms with Gasteiger partial charge in [0.05, 0.1) is 11.4 Å². The van der Waals surface area contributed by atoms with Crippen LogP contribution in [0.3, 0.4) is 0 Å². The van der Waals surface area contributed by atoms with E-state index in [0.29, 0.717) is 18.0 Å². The fourth-order valence-electron chi connectivity index (χ4n) is 11.3. The lowest BCUT2D eigenvalue weighted by Gasteiger charge is -2.43. The van der Waals surface area contributed by atoms with Crippen LogP contribution in [0.5, 0.6) is 11.5 Å². The van der Waals surface area contributed by atoms with Crippen molar-refractivity contribution in [3.8, 4) is 11.5 Å². The van der Waals surface area contributed by atoms with Crippen molar-refractivity contribution in [3.05, 3.63) is 79.9 Å². The Morgan fingerprint density at radius 2 is 0.937 bits per heavy atom. The van der Waals surface area contributed by atoms with Gasteiger partial charge in [0.1, 0.15) is 11.5 Å². The Morgan fingerprint density at radius 3 is 1.27 bits per heavy atom. The number of nitrogens with zero attached hydrogens (tertiary/aromatic N) is 4. The van der Waals surface area contributed by atoms with E-state index in [2.05, 4.69) is 138 Å². The zero-order valence-electron chi connectivity index (χ0n) is 41.9. The molecule has 0 saturated heterocycles. The minimum atomic E-state index is -0.246. The lowest BCUT2D eigenvalue weighted by Crippen LogP contribution is -3.00. The summed E-state index contributed by atoms with van der Waals surface area (Å²) in [5.41, 5.74) is 11.7. The summed E-state index contributed by atoms with van der Waals surface area (Å²) in [7, 11) is 0. The fraction of sp³-hybridized carbons (Fsp3) is 0.643. The molecule has 63 heavy (non-hydrogen) atoms. The van der Waals surface area contributed by atoms with Crippen LogP contribution >= 0.6 is 0 Å². The van der Waals surface area contributed by atoms with E-state index in [1.54, 1.807) is 0 Å². The van der Waals surface area contributed by atoms with Gasteiger partial charge in [-0.05, 0) is 113 Å². The second-order valence-corrected chi connectivity index (χ2v) is 24.1. The molecule has 3 aliphatic carbocycles. The van der Waals surface area contributed by atoms with Crippen molar-refractivity contribution >= 4 is 23.8 Å². The number of halogens is 1. The molecule has 3 saturated carbocycles. The summed E-state index contributed by atoms with van der Waals surface area (Å²) in [4.78, 5) is 16.6. The Labute approximate surface area is 388 Å². The van der Waals surface area contributed by atoms with Gasteiger partial charge in [0.25, 0.3) is 0 Å². The van der Waals surface area contributed by atoms with Crippen molar-refractivity contribution in [1.82, 2.24) is 9.80 Å². The average molecular weight is 879 g/mol. The third kappa shape index (κ3) is 10.1. The molecule has 0 radical (unpaired) electrons. The van der Waals surface area contributed by atoms with Crippen molar-refractivity contribution < 1.29 is 22.6 Å². The molecular formula is C56H82ClN4O2-. The number of aliphatic imine (C=N–C) groups is 2. The van der Waals surface area contributed by atoms with Crippen molar-refractivity contribution in [3.63, 3.8) is 0 Å². The van der Waals surface area contributed by atoms with Crippen molar-refractivity contribution in [2.24, 2.45) is 15.9 Å². The molecule has 4 aliphatic rings. The van der Waals surface area contributed by atoms with Gasteiger partial charge in [-0.1, -0.05) is 141 Å². The van der Waals surface area contributed by atoms with Crippen molar-refractivity contribution in [2.75, 3.05) is 0 Å². The van der Waals surface area contributed by atoms with Gasteiger partial charge in [-0.25, -0.2) is 0 Å². The second kappa shape index (κ2) is 18.2. The number of hydrogen-bond donors (Lipinski definition) is 2. The van der Waals surface area contributed by atoms with Gasteiger partial charge in [-0.15, -0.1) is 0 Å². The van der Waals surface area contributed by atoms with Gasteiger partial charge in [-0.2, -0.15) is 0 Å². The Balaban J connectivity index is 0.00000661. The predicted molar refractivity (Wildman–Crippen MR) is 263 cm³/mol. The van der Waals surface area contributed by atoms with Crippen LogP contribution < -0.4 is 12.4 Å². The van der Waals surface area contributed by atoms with Crippen LogP contribution in [0.1, 0.15) is 210 Å². The summed E-state index contributed by atoms with van der Waals surface area (Å²) >= 11 is 0. The van der Waals surface area contributed by atoms with E-state index in [1.165, 1.54) is 86.5 Å². The van der Waals surface area contributed by atoms with E-state index >= 15 is 0 Å². The minimum Gasteiger partial charge on any atom is -1.00 e. The largest absolute Gasteiger partial charge is 1.00 e. The van der Waals surface area contributed by atoms with Gasteiger partial charge in [-0.3, -0.25) is 19.8 Å². The minimum absolute atomic E-state index is 0. The molecule has 6 nitrogen and oxygen atoms in total. The van der Waals surface area contributed by atoms with E-state index in [9.17, 15) is 10.2 Å². The molecule has 0 spiro atoms. The summed E-state index contributed by atoms with van der Waals surface area (Å²) in [6.07, 6.45) is 17.5. The van der Waals surface area contributed by atoms with Crippen LogP contribution in [0.2, 0.25) is 0 Å². The smallest absolute Gasteiger partial charge is 0.128 e. The van der Waals surface area contributed by atoms with Crippen LogP contribution in [0.15, 0.2) is 34.3 Å². The van der Waals surface area contributed by atoms with Crippen LogP contribution in [0.25, 0.3) is 0 Å². The zero-order valence-corrected chi connectivity index (χ0v) is 42.7. The molecule has 3 atom stereocenters. The zero-order chi connectivity index (χ0) is 45.3. The monoisotopic (exact) mass is 878 g/mol. The summed E-state index contributed by atoms with van der Waals surface area (Å²) in [5, 5.41) is 23.7. The first kappa shape index (κ1) is 49.2. The van der Waals surface area contributed by atoms with Crippen molar-refractivity contribution in [1.29, 1.82) is 0 Å². The molecule has 0 bridgehead atoms. The number of aromatic hydroxyl groups is 2. The molecule has 1 aliphatic heterocycles. The van der Waals surface area contributed by atoms with Gasteiger partial charge in [0, 0.05) is 71.9 Å². The maximum Gasteiger partial charge on any atom is 0.128 e. The predicted octanol–water partition coefficient (Wildman–Crippen LogP) is 11.1. The molecule has 7 rings (SSSR count). The van der Waals surface area contributed by atoms with Crippen LogP contribution in [-0.2, 0) is 34.7 Å². The highest BCUT2D eigenvalue weighted by atomic mass is 35.5. The highest BCUT2D eigenvalue weighted by Crippen LogP contribution is 2.51. The lowest BCUT2D eigenvalue weighted by atomic mass is 9.79. The lowest BCUT2D eigenvalue weighted by molar-refractivity contribution is -0.0000175. The first-order valence-corrected chi connectivity index (χ1v) is 24.4. The molecule has 3 fully saturated rings. The molecule has 2 N–H and O–H groups in total. The molecule has 0 amide bonds. The third-order valence-corrected chi connectivity index (χ3v) is 15.3. The Kier molecular flexibility index (Phi) is 14.3. The molecular weight excluding hydrogens is 796 g/mol. The Bertz CT molecular complexity index is 2050. The maximum atomic E-state index is 11.8. The number of fused-ring (bicyclic) bond motifs is 1. The number of phenols is 2. The van der Waals surface area contributed by atoms with E-state index in [0.717, 1.165) is 69.9 Å². The summed E-state index contributed by atoms with van der Waals surface area (Å²) in [6, 6.07) is 11.2. The summed E-state index contributed by atoms with van der Waals surface area (Å²) in [6.45, 7) is 35.1. The molecule has 3 unspecified atom stereocenters. The SMILES string of the molecule is Cc1c2c(c(C)c(N=Cc3cc(C(C)(C)C)cc(C(C)(C)C)c3O)c1N=Cc1cc(C(C)(C)C)cc(C(C)(C)C)c1O)CN(C1C(C)C1N(C1CCCCC1)C1CCCCC1)C2.[Cl-]. The highest BCUT2D eigenvalue weighted by molar-refractivity contribution is 5.92. The number of rotatable bonds is 8.